The summed E-state index contributed by atoms with van der Waals surface area (Å²) in [5, 5.41) is 7.55. The number of aromatic nitrogens is 3. The maximum atomic E-state index is 4.38. The lowest BCUT2D eigenvalue weighted by molar-refractivity contribution is 0.169. The van der Waals surface area contributed by atoms with Crippen LogP contribution in [0.3, 0.4) is 0 Å². The third-order valence-corrected chi connectivity index (χ3v) is 3.62. The topological polar surface area (TPSA) is 42.7 Å². The van der Waals surface area contributed by atoms with Crippen LogP contribution in [0.2, 0.25) is 0 Å². The van der Waals surface area contributed by atoms with E-state index in [9.17, 15) is 0 Å². The Bertz CT molecular complexity index is 321. The molecule has 0 radical (unpaired) electrons. The first-order valence-electron chi connectivity index (χ1n) is 6.36. The van der Waals surface area contributed by atoms with Gasteiger partial charge in [0.2, 0.25) is 0 Å². The van der Waals surface area contributed by atoms with Crippen molar-refractivity contribution in [1.82, 2.24) is 20.1 Å². The number of aryl methyl sites for hydroxylation is 1. The van der Waals surface area contributed by atoms with E-state index in [1.807, 2.05) is 7.05 Å². The second-order valence-electron chi connectivity index (χ2n) is 4.76. The van der Waals surface area contributed by atoms with Crippen molar-refractivity contribution in [3.8, 4) is 0 Å². The van der Waals surface area contributed by atoms with Crippen LogP contribution in [0.25, 0.3) is 0 Å². The molecule has 0 spiro atoms. The van der Waals surface area contributed by atoms with E-state index in [4.69, 9.17) is 0 Å². The van der Waals surface area contributed by atoms with Crippen LogP contribution in [-0.4, -0.2) is 28.4 Å². The minimum Gasteiger partial charge on any atom is -0.319 e. The molecule has 0 amide bonds. The second kappa shape index (κ2) is 5.43. The minimum absolute atomic E-state index is 0.812. The Balaban J connectivity index is 1.90. The maximum absolute atomic E-state index is 4.38. The molecule has 0 bridgehead atoms. The molecule has 1 heterocycles. The van der Waals surface area contributed by atoms with Crippen molar-refractivity contribution in [3.05, 3.63) is 12.2 Å². The summed E-state index contributed by atoms with van der Waals surface area (Å²) >= 11 is 0. The number of nitrogens with one attached hydrogen (secondary N) is 1. The summed E-state index contributed by atoms with van der Waals surface area (Å²) in [4.78, 5) is 4.38. The van der Waals surface area contributed by atoms with Gasteiger partial charge in [0, 0.05) is 13.0 Å². The molecule has 4 nitrogen and oxygen atoms in total. The molecule has 1 aliphatic rings. The van der Waals surface area contributed by atoms with Gasteiger partial charge in [-0.05, 0) is 44.7 Å². The molecule has 90 valence electrons. The summed E-state index contributed by atoms with van der Waals surface area (Å²) in [6.45, 7) is 4.32. The number of nitrogens with zero attached hydrogens (tertiary/aromatic N) is 3. The first-order valence-corrected chi connectivity index (χ1v) is 6.36. The van der Waals surface area contributed by atoms with E-state index in [1.54, 1.807) is 6.33 Å². The summed E-state index contributed by atoms with van der Waals surface area (Å²) in [5.74, 6) is 2.83. The van der Waals surface area contributed by atoms with Crippen LogP contribution in [0.5, 0.6) is 0 Å². The lowest BCUT2D eigenvalue weighted by atomic mass is 9.72. The van der Waals surface area contributed by atoms with Crippen LogP contribution >= 0.6 is 0 Å². The van der Waals surface area contributed by atoms with E-state index in [0.29, 0.717) is 0 Å². The zero-order chi connectivity index (χ0) is 11.4. The number of hydrogen-bond acceptors (Lipinski definition) is 3. The summed E-state index contributed by atoms with van der Waals surface area (Å²) in [5.41, 5.74) is 0. The van der Waals surface area contributed by atoms with Crippen LogP contribution in [0.1, 0.15) is 32.0 Å². The monoisotopic (exact) mass is 222 g/mol. The van der Waals surface area contributed by atoms with Crippen molar-refractivity contribution < 1.29 is 0 Å². The third-order valence-electron chi connectivity index (χ3n) is 3.62. The first-order chi connectivity index (χ1) is 7.85. The average Bonchev–Trinajstić information content (AvgIpc) is 2.69. The van der Waals surface area contributed by atoms with Crippen LogP contribution < -0.4 is 5.32 Å². The summed E-state index contributed by atoms with van der Waals surface area (Å²) in [7, 11) is 2.04. The van der Waals surface area contributed by atoms with Gasteiger partial charge in [-0.25, -0.2) is 4.98 Å². The lowest BCUT2D eigenvalue weighted by Gasteiger charge is -2.36. The minimum atomic E-state index is 0.812. The van der Waals surface area contributed by atoms with Gasteiger partial charge in [0.1, 0.15) is 12.2 Å². The van der Waals surface area contributed by atoms with Gasteiger partial charge in [0.15, 0.2) is 0 Å². The van der Waals surface area contributed by atoms with Gasteiger partial charge in [0.05, 0.1) is 0 Å². The van der Waals surface area contributed by atoms with Crippen molar-refractivity contribution in [3.63, 3.8) is 0 Å². The van der Waals surface area contributed by atoms with Gasteiger partial charge in [-0.15, -0.1) is 0 Å². The third kappa shape index (κ3) is 2.43. The standard InChI is InChI=1S/C12H22N4/c1-3-6-16-12(14-9-15-16)7-10-4-5-11(10)8-13-2/h9-11,13H,3-8H2,1-2H3. The molecule has 0 aliphatic heterocycles. The molecular formula is C12H22N4. The molecule has 0 aromatic carbocycles. The van der Waals surface area contributed by atoms with Crippen molar-refractivity contribution in [1.29, 1.82) is 0 Å². The van der Waals surface area contributed by atoms with E-state index in [2.05, 4.69) is 27.0 Å². The van der Waals surface area contributed by atoms with Gasteiger partial charge in [-0.3, -0.25) is 4.68 Å². The predicted octanol–water partition coefficient (Wildman–Crippen LogP) is 1.48. The number of rotatable bonds is 6. The van der Waals surface area contributed by atoms with Crippen molar-refractivity contribution in [2.45, 2.75) is 39.2 Å². The van der Waals surface area contributed by atoms with Crippen molar-refractivity contribution in [2.24, 2.45) is 11.8 Å². The Kier molecular flexibility index (Phi) is 3.93. The normalized spacial score (nSPS) is 24.4. The van der Waals surface area contributed by atoms with Crippen LogP contribution in [0, 0.1) is 11.8 Å². The molecule has 16 heavy (non-hydrogen) atoms. The van der Waals surface area contributed by atoms with Crippen molar-refractivity contribution >= 4 is 0 Å². The Morgan fingerprint density at radius 1 is 1.44 bits per heavy atom. The molecule has 1 fully saturated rings. The molecule has 2 atom stereocenters. The van der Waals surface area contributed by atoms with E-state index >= 15 is 0 Å². The summed E-state index contributed by atoms with van der Waals surface area (Å²) in [6, 6.07) is 0. The highest BCUT2D eigenvalue weighted by molar-refractivity contribution is 4.93. The fourth-order valence-electron chi connectivity index (χ4n) is 2.52. The van der Waals surface area contributed by atoms with E-state index in [1.165, 1.54) is 18.7 Å². The quantitative estimate of drug-likeness (QED) is 0.792. The number of hydrogen-bond donors (Lipinski definition) is 1. The maximum Gasteiger partial charge on any atom is 0.138 e. The molecule has 2 rings (SSSR count). The zero-order valence-corrected chi connectivity index (χ0v) is 10.3. The molecule has 1 aromatic heterocycles. The molecule has 0 saturated heterocycles. The highest BCUT2D eigenvalue weighted by Gasteiger charge is 2.31. The van der Waals surface area contributed by atoms with Gasteiger partial charge >= 0.3 is 0 Å². The molecule has 2 unspecified atom stereocenters. The second-order valence-corrected chi connectivity index (χ2v) is 4.76. The van der Waals surface area contributed by atoms with Crippen LogP contribution in [0.4, 0.5) is 0 Å². The van der Waals surface area contributed by atoms with E-state index in [-0.39, 0.29) is 0 Å². The van der Waals surface area contributed by atoms with Gasteiger partial charge in [-0.2, -0.15) is 5.10 Å². The Hall–Kier alpha value is -0.900. The summed E-state index contributed by atoms with van der Waals surface area (Å²) in [6.07, 6.45) is 6.64. The lowest BCUT2D eigenvalue weighted by Crippen LogP contribution is -2.35. The molecule has 1 aliphatic carbocycles. The fourth-order valence-corrected chi connectivity index (χ4v) is 2.52. The van der Waals surface area contributed by atoms with Gasteiger partial charge in [-0.1, -0.05) is 6.92 Å². The largest absolute Gasteiger partial charge is 0.319 e. The Morgan fingerprint density at radius 2 is 2.25 bits per heavy atom. The average molecular weight is 222 g/mol. The highest BCUT2D eigenvalue weighted by atomic mass is 15.3. The van der Waals surface area contributed by atoms with Gasteiger partial charge < -0.3 is 5.32 Å². The predicted molar refractivity (Wildman–Crippen MR) is 64.2 cm³/mol. The molecular weight excluding hydrogens is 200 g/mol. The SMILES string of the molecule is CCCn1ncnc1CC1CCC1CNC. The molecule has 1 N–H and O–H groups in total. The Morgan fingerprint density at radius 3 is 2.88 bits per heavy atom. The molecule has 1 aromatic rings. The summed E-state index contributed by atoms with van der Waals surface area (Å²) < 4.78 is 2.06. The first kappa shape index (κ1) is 11.6. The van der Waals surface area contributed by atoms with E-state index in [0.717, 1.165) is 37.8 Å². The molecule has 1 saturated carbocycles. The highest BCUT2D eigenvalue weighted by Crippen LogP contribution is 2.35. The van der Waals surface area contributed by atoms with Gasteiger partial charge in [0.25, 0.3) is 0 Å². The molecule has 4 heteroatoms. The smallest absolute Gasteiger partial charge is 0.138 e. The van der Waals surface area contributed by atoms with Crippen LogP contribution in [-0.2, 0) is 13.0 Å². The van der Waals surface area contributed by atoms with Crippen LogP contribution in [0.15, 0.2) is 6.33 Å². The Labute approximate surface area is 97.5 Å². The van der Waals surface area contributed by atoms with Crippen molar-refractivity contribution in [2.75, 3.05) is 13.6 Å². The van der Waals surface area contributed by atoms with E-state index < -0.39 is 0 Å². The fraction of sp³-hybridized carbons (Fsp3) is 0.833. The zero-order valence-electron chi connectivity index (χ0n) is 10.3.